The van der Waals surface area contributed by atoms with Gasteiger partial charge in [-0.25, -0.2) is 9.07 Å². The van der Waals surface area contributed by atoms with Gasteiger partial charge < -0.3 is 10.1 Å². The summed E-state index contributed by atoms with van der Waals surface area (Å²) in [5.41, 5.74) is 2.38. The Hall–Kier alpha value is -3.48. The molecular weight excluding hydrogens is 349 g/mol. The second-order valence-electron chi connectivity index (χ2n) is 6.28. The van der Waals surface area contributed by atoms with E-state index in [0.717, 1.165) is 5.69 Å². The number of nitrogens with zero attached hydrogens (tertiary/aromatic N) is 2. The van der Waals surface area contributed by atoms with E-state index >= 15 is 0 Å². The zero-order valence-corrected chi connectivity index (χ0v) is 14.5. The molecule has 0 bridgehead atoms. The highest BCUT2D eigenvalue weighted by Gasteiger charge is 2.37. The molecule has 6 nitrogen and oxygen atoms in total. The van der Waals surface area contributed by atoms with Crippen LogP contribution >= 0.6 is 0 Å². The van der Waals surface area contributed by atoms with Crippen LogP contribution in [0, 0.1) is 12.7 Å². The average Bonchev–Trinajstić information content (AvgIpc) is 3.00. The topological polar surface area (TPSA) is 73.2 Å². The fourth-order valence-corrected chi connectivity index (χ4v) is 3.17. The number of esters is 1. The molecular formula is C20H16FN3O3. The Bertz CT molecular complexity index is 1010. The highest BCUT2D eigenvalue weighted by molar-refractivity contribution is 5.99. The van der Waals surface area contributed by atoms with Crippen LogP contribution in [0.2, 0.25) is 0 Å². The standard InChI is InChI=1S/C20H16FN3O3/c1-12-18-16(19(26)22-14-9-7-13(21)8-10-14)11-17(25)27-20(18)24(23-12)15-5-3-2-4-6-15/h2-10,16H,11H2,1H3,(H,22,26). The predicted molar refractivity (Wildman–Crippen MR) is 96.3 cm³/mol. The lowest BCUT2D eigenvalue weighted by molar-refractivity contribution is -0.138. The van der Waals surface area contributed by atoms with Gasteiger partial charge in [0.05, 0.1) is 29.3 Å². The van der Waals surface area contributed by atoms with Crippen LogP contribution in [0.5, 0.6) is 5.88 Å². The quantitative estimate of drug-likeness (QED) is 0.723. The van der Waals surface area contributed by atoms with Gasteiger partial charge in [0.15, 0.2) is 0 Å². The number of ether oxygens (including phenoxy) is 1. The third-order valence-electron chi connectivity index (χ3n) is 4.42. The molecule has 2 heterocycles. The predicted octanol–water partition coefficient (Wildman–Crippen LogP) is 3.35. The Kier molecular flexibility index (Phi) is 4.19. The van der Waals surface area contributed by atoms with Gasteiger partial charge in [0, 0.05) is 5.69 Å². The largest absolute Gasteiger partial charge is 0.407 e. The second-order valence-corrected chi connectivity index (χ2v) is 6.28. The molecule has 1 aliphatic heterocycles. The molecule has 2 aromatic carbocycles. The van der Waals surface area contributed by atoms with Crippen molar-refractivity contribution < 1.29 is 18.7 Å². The van der Waals surface area contributed by atoms with Gasteiger partial charge in [-0.05, 0) is 43.3 Å². The summed E-state index contributed by atoms with van der Waals surface area (Å²) in [7, 11) is 0. The van der Waals surface area contributed by atoms with E-state index in [0.29, 0.717) is 16.9 Å². The summed E-state index contributed by atoms with van der Waals surface area (Å²) in [4.78, 5) is 24.9. The maximum Gasteiger partial charge on any atom is 0.313 e. The van der Waals surface area contributed by atoms with Crippen molar-refractivity contribution in [3.63, 3.8) is 0 Å². The molecule has 0 aliphatic carbocycles. The SMILES string of the molecule is Cc1nn(-c2ccccc2)c2c1C(C(=O)Nc1ccc(F)cc1)CC(=O)O2. The number of aryl methyl sites for hydroxylation is 1. The molecule has 0 fully saturated rings. The maximum atomic E-state index is 13.1. The summed E-state index contributed by atoms with van der Waals surface area (Å²) in [6, 6.07) is 14.7. The number of benzene rings is 2. The van der Waals surface area contributed by atoms with E-state index in [1.807, 2.05) is 30.3 Å². The minimum Gasteiger partial charge on any atom is -0.407 e. The van der Waals surface area contributed by atoms with Gasteiger partial charge >= 0.3 is 5.97 Å². The Labute approximate surface area is 154 Å². The van der Waals surface area contributed by atoms with E-state index in [4.69, 9.17) is 4.74 Å². The Balaban J connectivity index is 1.70. The molecule has 1 amide bonds. The van der Waals surface area contributed by atoms with Crippen LogP contribution in [-0.4, -0.2) is 21.7 Å². The minimum absolute atomic E-state index is 0.0820. The Morgan fingerprint density at radius 2 is 1.89 bits per heavy atom. The fraction of sp³-hybridized carbons (Fsp3) is 0.150. The van der Waals surface area contributed by atoms with Gasteiger partial charge in [-0.3, -0.25) is 9.59 Å². The van der Waals surface area contributed by atoms with Gasteiger partial charge in [0.2, 0.25) is 11.8 Å². The Morgan fingerprint density at radius 1 is 1.19 bits per heavy atom. The number of anilines is 1. The summed E-state index contributed by atoms with van der Waals surface area (Å²) in [6.45, 7) is 1.77. The van der Waals surface area contributed by atoms with E-state index in [2.05, 4.69) is 10.4 Å². The molecule has 1 unspecified atom stereocenters. The smallest absolute Gasteiger partial charge is 0.313 e. The number of hydrogen-bond donors (Lipinski definition) is 1. The Morgan fingerprint density at radius 3 is 2.59 bits per heavy atom. The van der Waals surface area contributed by atoms with Crippen LogP contribution < -0.4 is 10.1 Å². The van der Waals surface area contributed by atoms with E-state index in [1.54, 1.807) is 6.92 Å². The maximum absolute atomic E-state index is 13.1. The molecule has 3 aromatic rings. The van der Waals surface area contributed by atoms with Crippen molar-refractivity contribution >= 4 is 17.6 Å². The van der Waals surface area contributed by atoms with Crippen LogP contribution in [0.1, 0.15) is 23.6 Å². The molecule has 1 aromatic heterocycles. The van der Waals surface area contributed by atoms with Crippen LogP contribution in [0.25, 0.3) is 5.69 Å². The molecule has 1 N–H and O–H groups in total. The van der Waals surface area contributed by atoms with E-state index in [1.165, 1.54) is 28.9 Å². The molecule has 4 rings (SSSR count). The first-order valence-corrected chi connectivity index (χ1v) is 8.45. The number of amides is 1. The van der Waals surface area contributed by atoms with Gasteiger partial charge in [-0.15, -0.1) is 0 Å². The lowest BCUT2D eigenvalue weighted by Crippen LogP contribution is -2.30. The highest BCUT2D eigenvalue weighted by Crippen LogP contribution is 2.38. The van der Waals surface area contributed by atoms with Crippen molar-refractivity contribution in [2.75, 3.05) is 5.32 Å². The number of carbonyl (C=O) groups is 2. The summed E-state index contributed by atoms with van der Waals surface area (Å²) in [6.07, 6.45) is -0.0820. The van der Waals surface area contributed by atoms with E-state index in [-0.39, 0.29) is 18.2 Å². The minimum atomic E-state index is -0.733. The highest BCUT2D eigenvalue weighted by atomic mass is 19.1. The van der Waals surface area contributed by atoms with Gasteiger partial charge in [-0.2, -0.15) is 5.10 Å². The van der Waals surface area contributed by atoms with Crippen molar-refractivity contribution in [1.29, 1.82) is 0 Å². The normalized spacial score (nSPS) is 15.8. The van der Waals surface area contributed by atoms with Crippen LogP contribution in [-0.2, 0) is 9.59 Å². The van der Waals surface area contributed by atoms with E-state index in [9.17, 15) is 14.0 Å². The zero-order chi connectivity index (χ0) is 19.0. The molecule has 1 aliphatic rings. The lowest BCUT2D eigenvalue weighted by atomic mass is 9.93. The van der Waals surface area contributed by atoms with Crippen LogP contribution in [0.15, 0.2) is 54.6 Å². The number of hydrogen-bond acceptors (Lipinski definition) is 4. The number of carbonyl (C=O) groups excluding carboxylic acids is 2. The first-order valence-electron chi connectivity index (χ1n) is 8.45. The molecule has 0 spiro atoms. The summed E-state index contributed by atoms with van der Waals surface area (Å²) < 4.78 is 20.0. The van der Waals surface area contributed by atoms with E-state index < -0.39 is 17.7 Å². The number of para-hydroxylation sites is 1. The zero-order valence-electron chi connectivity index (χ0n) is 14.5. The number of nitrogens with one attached hydrogen (secondary N) is 1. The number of halogens is 1. The molecule has 0 saturated carbocycles. The van der Waals surface area contributed by atoms with Gasteiger partial charge in [-0.1, -0.05) is 18.2 Å². The number of fused-ring (bicyclic) bond motifs is 1. The van der Waals surface area contributed by atoms with Crippen molar-refractivity contribution in [3.8, 4) is 11.6 Å². The van der Waals surface area contributed by atoms with Crippen molar-refractivity contribution in [3.05, 3.63) is 71.7 Å². The third kappa shape index (κ3) is 3.19. The molecule has 136 valence electrons. The second kappa shape index (κ2) is 6.68. The first-order chi connectivity index (χ1) is 13.0. The summed E-state index contributed by atoms with van der Waals surface area (Å²) in [5, 5.41) is 7.18. The number of rotatable bonds is 3. The average molecular weight is 365 g/mol. The van der Waals surface area contributed by atoms with Crippen LogP contribution in [0.4, 0.5) is 10.1 Å². The summed E-state index contributed by atoms with van der Waals surface area (Å²) >= 11 is 0. The van der Waals surface area contributed by atoms with Crippen molar-refractivity contribution in [2.45, 2.75) is 19.3 Å². The van der Waals surface area contributed by atoms with Gasteiger partial charge in [0.25, 0.3) is 0 Å². The molecule has 7 heteroatoms. The van der Waals surface area contributed by atoms with Crippen LogP contribution in [0.3, 0.4) is 0 Å². The summed E-state index contributed by atoms with van der Waals surface area (Å²) in [5.74, 6) is -1.73. The molecule has 0 radical (unpaired) electrons. The molecule has 27 heavy (non-hydrogen) atoms. The van der Waals surface area contributed by atoms with Crippen molar-refractivity contribution in [1.82, 2.24) is 9.78 Å². The number of aromatic nitrogens is 2. The van der Waals surface area contributed by atoms with Gasteiger partial charge in [0.1, 0.15) is 5.82 Å². The molecule has 0 saturated heterocycles. The third-order valence-corrected chi connectivity index (χ3v) is 4.42. The fourth-order valence-electron chi connectivity index (χ4n) is 3.17. The first kappa shape index (κ1) is 17.0. The molecule has 1 atom stereocenters. The monoisotopic (exact) mass is 365 g/mol. The lowest BCUT2D eigenvalue weighted by Gasteiger charge is -2.22. The van der Waals surface area contributed by atoms with Crippen molar-refractivity contribution in [2.24, 2.45) is 0 Å².